The Labute approximate surface area is 149 Å². The molecule has 1 aliphatic heterocycles. The monoisotopic (exact) mass is 349 g/mol. The zero-order valence-corrected chi connectivity index (χ0v) is 14.1. The third-order valence-corrected chi connectivity index (χ3v) is 5.21. The number of hydrogen-bond acceptors (Lipinski definition) is 4. The maximum absolute atomic E-state index is 12.6. The van der Waals surface area contributed by atoms with Crippen molar-refractivity contribution < 1.29 is 14.3 Å². The van der Waals surface area contributed by atoms with Gasteiger partial charge in [0.1, 0.15) is 12.6 Å². The Bertz CT molecular complexity index is 928. The molecular formula is C20H15NO3S. The Kier molecular flexibility index (Phi) is 4.07. The topological polar surface area (TPSA) is 46.6 Å². The van der Waals surface area contributed by atoms with Crippen LogP contribution in [0.2, 0.25) is 0 Å². The number of thiophene rings is 1. The van der Waals surface area contributed by atoms with Crippen LogP contribution < -0.4 is 0 Å². The van der Waals surface area contributed by atoms with Crippen LogP contribution in [0.3, 0.4) is 0 Å². The van der Waals surface area contributed by atoms with E-state index in [0.717, 1.165) is 20.5 Å². The van der Waals surface area contributed by atoms with Gasteiger partial charge in [-0.25, -0.2) is 9.69 Å². The molecule has 1 aliphatic rings. The highest BCUT2D eigenvalue weighted by molar-refractivity contribution is 7.19. The number of ether oxygens (including phenoxy) is 1. The van der Waals surface area contributed by atoms with Gasteiger partial charge in [0.25, 0.3) is 5.91 Å². The minimum Gasteiger partial charge on any atom is -0.446 e. The molecule has 25 heavy (non-hydrogen) atoms. The molecule has 4 nitrogen and oxygen atoms in total. The minimum atomic E-state index is -0.597. The molecule has 1 saturated heterocycles. The Morgan fingerprint density at radius 3 is 2.68 bits per heavy atom. The fraction of sp³-hybridized carbons (Fsp3) is 0.100. The van der Waals surface area contributed by atoms with Gasteiger partial charge < -0.3 is 4.74 Å². The highest BCUT2D eigenvalue weighted by Crippen LogP contribution is 2.29. The number of hydrogen-bond donors (Lipinski definition) is 0. The normalized spacial score (nSPS) is 17.4. The minimum absolute atomic E-state index is 0.186. The molecule has 2 aromatic carbocycles. The van der Waals surface area contributed by atoms with Crippen molar-refractivity contribution in [3.05, 3.63) is 77.2 Å². The summed E-state index contributed by atoms with van der Waals surface area (Å²) in [6.45, 7) is 0.186. The molecule has 2 amide bonds. The van der Waals surface area contributed by atoms with Crippen LogP contribution in [0.5, 0.6) is 0 Å². The van der Waals surface area contributed by atoms with E-state index < -0.39 is 6.09 Å². The Morgan fingerprint density at radius 2 is 1.88 bits per heavy atom. The van der Waals surface area contributed by atoms with Crippen molar-refractivity contribution in [3.8, 4) is 0 Å². The van der Waals surface area contributed by atoms with Crippen molar-refractivity contribution in [1.82, 2.24) is 4.90 Å². The zero-order valence-electron chi connectivity index (χ0n) is 13.3. The van der Waals surface area contributed by atoms with Crippen molar-refractivity contribution in [2.24, 2.45) is 0 Å². The summed E-state index contributed by atoms with van der Waals surface area (Å²) in [6, 6.07) is 19.1. The van der Waals surface area contributed by atoms with Gasteiger partial charge in [0.2, 0.25) is 0 Å². The second-order valence-electron chi connectivity index (χ2n) is 5.73. The van der Waals surface area contributed by atoms with Gasteiger partial charge in [0, 0.05) is 15.7 Å². The molecule has 0 spiro atoms. The van der Waals surface area contributed by atoms with Crippen molar-refractivity contribution >= 4 is 39.5 Å². The predicted octanol–water partition coefficient (Wildman–Crippen LogP) is 4.63. The summed E-state index contributed by atoms with van der Waals surface area (Å²) in [5.41, 5.74) is 0.886. The summed E-state index contributed by atoms with van der Waals surface area (Å²) in [5, 5.41) is 1.14. The molecule has 4 rings (SSSR count). The molecular weight excluding hydrogens is 334 g/mol. The number of benzene rings is 2. The summed E-state index contributed by atoms with van der Waals surface area (Å²) in [4.78, 5) is 26.7. The fourth-order valence-electron chi connectivity index (χ4n) is 2.90. The molecule has 0 saturated carbocycles. The number of carbonyl (C=O) groups is 2. The van der Waals surface area contributed by atoms with Crippen LogP contribution in [0.4, 0.5) is 4.79 Å². The molecule has 5 heteroatoms. The summed E-state index contributed by atoms with van der Waals surface area (Å²) in [7, 11) is 0. The van der Waals surface area contributed by atoms with E-state index >= 15 is 0 Å². The number of carbonyl (C=O) groups excluding carboxylic acids is 2. The lowest BCUT2D eigenvalue weighted by Crippen LogP contribution is -2.32. The van der Waals surface area contributed by atoms with Crippen molar-refractivity contribution in [1.29, 1.82) is 0 Å². The molecule has 3 aromatic rings. The van der Waals surface area contributed by atoms with Crippen LogP contribution >= 0.6 is 11.3 Å². The van der Waals surface area contributed by atoms with Gasteiger partial charge in [-0.15, -0.1) is 11.3 Å². The van der Waals surface area contributed by atoms with E-state index in [4.69, 9.17) is 4.74 Å². The van der Waals surface area contributed by atoms with Gasteiger partial charge >= 0.3 is 6.09 Å². The van der Waals surface area contributed by atoms with Crippen LogP contribution in [0.1, 0.15) is 16.5 Å². The van der Waals surface area contributed by atoms with E-state index in [1.165, 1.54) is 11.0 Å². The molecule has 2 heterocycles. The van der Waals surface area contributed by atoms with Crippen molar-refractivity contribution in [3.63, 3.8) is 0 Å². The summed E-state index contributed by atoms with van der Waals surface area (Å²) in [5.74, 6) is -0.367. The molecule has 0 N–H and O–H groups in total. The van der Waals surface area contributed by atoms with E-state index in [9.17, 15) is 9.59 Å². The Balaban J connectivity index is 1.57. The Hall–Kier alpha value is -2.92. The van der Waals surface area contributed by atoms with Crippen LogP contribution in [-0.4, -0.2) is 23.5 Å². The number of fused-ring (bicyclic) bond motifs is 1. The van der Waals surface area contributed by atoms with Gasteiger partial charge in [-0.1, -0.05) is 48.5 Å². The maximum atomic E-state index is 12.6. The summed E-state index contributed by atoms with van der Waals surface area (Å²) < 4.78 is 6.25. The lowest BCUT2D eigenvalue weighted by molar-refractivity contribution is -0.124. The van der Waals surface area contributed by atoms with Gasteiger partial charge in [-0.3, -0.25) is 4.79 Å². The SMILES string of the molecule is O=C(/C=C/c1cc2ccccc2s1)N1C(=O)OC[C@@H]1c1ccccc1. The second kappa shape index (κ2) is 6.53. The number of rotatable bonds is 3. The highest BCUT2D eigenvalue weighted by Gasteiger charge is 2.37. The molecule has 124 valence electrons. The highest BCUT2D eigenvalue weighted by atomic mass is 32.1. The van der Waals surface area contributed by atoms with Gasteiger partial charge in [0.05, 0.1) is 0 Å². The maximum Gasteiger partial charge on any atom is 0.417 e. The van der Waals surface area contributed by atoms with Crippen LogP contribution in [0.25, 0.3) is 16.2 Å². The van der Waals surface area contributed by atoms with Gasteiger partial charge in [-0.2, -0.15) is 0 Å². The van der Waals surface area contributed by atoms with E-state index in [1.807, 2.05) is 60.7 Å². The first-order chi connectivity index (χ1) is 12.2. The molecule has 1 atom stereocenters. The number of cyclic esters (lactones) is 1. The summed E-state index contributed by atoms with van der Waals surface area (Å²) >= 11 is 1.61. The van der Waals surface area contributed by atoms with Crippen molar-refractivity contribution in [2.45, 2.75) is 6.04 Å². The quantitative estimate of drug-likeness (QED) is 0.648. The second-order valence-corrected chi connectivity index (χ2v) is 6.85. The molecule has 0 bridgehead atoms. The largest absolute Gasteiger partial charge is 0.446 e. The van der Waals surface area contributed by atoms with E-state index in [0.29, 0.717) is 0 Å². The van der Waals surface area contributed by atoms with Crippen molar-refractivity contribution in [2.75, 3.05) is 6.61 Å². The average molecular weight is 349 g/mol. The third kappa shape index (κ3) is 3.06. The average Bonchev–Trinajstić information content (AvgIpc) is 3.23. The van der Waals surface area contributed by atoms with Gasteiger partial charge in [0.15, 0.2) is 0 Å². The van der Waals surface area contributed by atoms with E-state index in [-0.39, 0.29) is 18.6 Å². The Morgan fingerprint density at radius 1 is 1.12 bits per heavy atom. The van der Waals surface area contributed by atoms with Gasteiger partial charge in [-0.05, 0) is 29.2 Å². The standard InChI is InChI=1S/C20H15NO3S/c22-19(11-10-16-12-15-8-4-5-9-18(15)25-16)21-17(13-24-20(21)23)14-6-2-1-3-7-14/h1-12,17H,13H2/b11-10+/t17-/m1/s1. The third-order valence-electron chi connectivity index (χ3n) is 4.13. The van der Waals surface area contributed by atoms with Crippen LogP contribution in [-0.2, 0) is 9.53 Å². The smallest absolute Gasteiger partial charge is 0.417 e. The first kappa shape index (κ1) is 15.6. The van der Waals surface area contributed by atoms with Crippen LogP contribution in [0, 0.1) is 0 Å². The molecule has 0 aliphatic carbocycles. The lowest BCUT2D eigenvalue weighted by Gasteiger charge is -2.18. The first-order valence-corrected chi connectivity index (χ1v) is 8.75. The number of nitrogens with zero attached hydrogens (tertiary/aromatic N) is 1. The molecule has 0 radical (unpaired) electrons. The zero-order chi connectivity index (χ0) is 17.2. The van der Waals surface area contributed by atoms with Crippen LogP contribution in [0.15, 0.2) is 66.7 Å². The first-order valence-electron chi connectivity index (χ1n) is 7.94. The molecule has 1 aromatic heterocycles. The summed E-state index contributed by atoms with van der Waals surface area (Å²) in [6.07, 6.45) is 2.59. The lowest BCUT2D eigenvalue weighted by atomic mass is 10.1. The van der Waals surface area contributed by atoms with E-state index in [2.05, 4.69) is 0 Å². The molecule has 1 fully saturated rings. The fourth-order valence-corrected chi connectivity index (χ4v) is 3.87. The van der Waals surface area contributed by atoms with E-state index in [1.54, 1.807) is 17.4 Å². The number of imide groups is 1. The molecule has 0 unspecified atom stereocenters. The number of amides is 2. The predicted molar refractivity (Wildman–Crippen MR) is 98.2 cm³/mol.